The van der Waals surface area contributed by atoms with Crippen molar-refractivity contribution in [1.29, 1.82) is 0 Å². The number of hydrogen-bond acceptors (Lipinski definition) is 2. The standard InChI is InChI=1S/C17H16BrN3/c1-12(19)16-8-7-15(18)9-17(16)21-11-14(10-20-21)13-5-3-2-4-6-13/h2-12H,19H2,1H3. The first kappa shape index (κ1) is 14.0. The van der Waals surface area contributed by atoms with E-state index in [4.69, 9.17) is 5.73 Å². The Labute approximate surface area is 132 Å². The molecule has 0 radical (unpaired) electrons. The van der Waals surface area contributed by atoms with Crippen molar-refractivity contribution in [2.24, 2.45) is 5.73 Å². The monoisotopic (exact) mass is 341 g/mol. The molecule has 1 aromatic heterocycles. The summed E-state index contributed by atoms with van der Waals surface area (Å²) in [7, 11) is 0. The molecule has 3 aromatic rings. The molecule has 2 N–H and O–H groups in total. The van der Waals surface area contributed by atoms with Gasteiger partial charge in [0.25, 0.3) is 0 Å². The number of halogens is 1. The van der Waals surface area contributed by atoms with Gasteiger partial charge in [0, 0.05) is 22.3 Å². The molecule has 1 heterocycles. The van der Waals surface area contributed by atoms with Crippen molar-refractivity contribution in [3.8, 4) is 16.8 Å². The van der Waals surface area contributed by atoms with Gasteiger partial charge in [0.1, 0.15) is 0 Å². The number of rotatable bonds is 3. The van der Waals surface area contributed by atoms with Crippen molar-refractivity contribution in [2.45, 2.75) is 13.0 Å². The van der Waals surface area contributed by atoms with Crippen molar-refractivity contribution in [3.05, 3.63) is 71.0 Å². The van der Waals surface area contributed by atoms with Crippen LogP contribution in [0.4, 0.5) is 0 Å². The molecule has 3 rings (SSSR count). The van der Waals surface area contributed by atoms with Gasteiger partial charge < -0.3 is 5.73 Å². The summed E-state index contributed by atoms with van der Waals surface area (Å²) in [5.41, 5.74) is 10.4. The van der Waals surface area contributed by atoms with E-state index in [-0.39, 0.29) is 6.04 Å². The molecule has 106 valence electrons. The number of nitrogens with zero attached hydrogens (tertiary/aromatic N) is 2. The van der Waals surface area contributed by atoms with Crippen molar-refractivity contribution >= 4 is 15.9 Å². The number of aromatic nitrogens is 2. The van der Waals surface area contributed by atoms with Crippen LogP contribution in [0.3, 0.4) is 0 Å². The van der Waals surface area contributed by atoms with Gasteiger partial charge in [-0.1, -0.05) is 52.3 Å². The van der Waals surface area contributed by atoms with Crippen LogP contribution in [-0.4, -0.2) is 9.78 Å². The second kappa shape index (κ2) is 5.84. The van der Waals surface area contributed by atoms with Gasteiger partial charge in [-0.25, -0.2) is 4.68 Å². The van der Waals surface area contributed by atoms with E-state index in [1.165, 1.54) is 0 Å². The van der Waals surface area contributed by atoms with Gasteiger partial charge in [-0.05, 0) is 30.2 Å². The number of nitrogens with two attached hydrogens (primary N) is 1. The zero-order chi connectivity index (χ0) is 14.8. The first-order valence-corrected chi connectivity index (χ1v) is 7.60. The SMILES string of the molecule is CC(N)c1ccc(Br)cc1-n1cc(-c2ccccc2)cn1. The summed E-state index contributed by atoms with van der Waals surface area (Å²) < 4.78 is 2.89. The molecule has 21 heavy (non-hydrogen) atoms. The van der Waals surface area contributed by atoms with Crippen LogP contribution >= 0.6 is 15.9 Å². The van der Waals surface area contributed by atoms with E-state index < -0.39 is 0 Å². The molecule has 0 bridgehead atoms. The summed E-state index contributed by atoms with van der Waals surface area (Å²) >= 11 is 3.51. The summed E-state index contributed by atoms with van der Waals surface area (Å²) in [4.78, 5) is 0. The highest BCUT2D eigenvalue weighted by Gasteiger charge is 2.11. The Bertz CT molecular complexity index is 748. The Morgan fingerprint density at radius 2 is 1.86 bits per heavy atom. The second-order valence-electron chi connectivity index (χ2n) is 5.03. The molecule has 0 aliphatic carbocycles. The van der Waals surface area contributed by atoms with Gasteiger partial charge >= 0.3 is 0 Å². The van der Waals surface area contributed by atoms with Gasteiger partial charge in [-0.3, -0.25) is 0 Å². The Morgan fingerprint density at radius 3 is 2.57 bits per heavy atom. The summed E-state index contributed by atoms with van der Waals surface area (Å²) in [5.74, 6) is 0. The quantitative estimate of drug-likeness (QED) is 0.770. The minimum atomic E-state index is -0.0440. The number of benzene rings is 2. The van der Waals surface area contributed by atoms with E-state index in [1.807, 2.05) is 60.4 Å². The predicted octanol–water partition coefficient (Wildman–Crippen LogP) is 4.32. The van der Waals surface area contributed by atoms with Crippen molar-refractivity contribution in [1.82, 2.24) is 9.78 Å². The summed E-state index contributed by atoms with van der Waals surface area (Å²) in [5, 5.41) is 4.49. The summed E-state index contributed by atoms with van der Waals surface area (Å²) in [6.07, 6.45) is 3.91. The minimum absolute atomic E-state index is 0.0440. The maximum Gasteiger partial charge on any atom is 0.0704 e. The van der Waals surface area contributed by atoms with Gasteiger partial charge in [0.15, 0.2) is 0 Å². The lowest BCUT2D eigenvalue weighted by molar-refractivity contribution is 0.780. The first-order chi connectivity index (χ1) is 10.1. The highest BCUT2D eigenvalue weighted by molar-refractivity contribution is 9.10. The summed E-state index contributed by atoms with van der Waals surface area (Å²) in [6, 6.07) is 16.3. The van der Waals surface area contributed by atoms with Crippen molar-refractivity contribution < 1.29 is 0 Å². The fourth-order valence-electron chi connectivity index (χ4n) is 2.33. The van der Waals surface area contributed by atoms with Crippen molar-refractivity contribution in [2.75, 3.05) is 0 Å². The zero-order valence-corrected chi connectivity index (χ0v) is 13.3. The molecule has 0 saturated carbocycles. The van der Waals surface area contributed by atoms with Gasteiger partial charge in [-0.15, -0.1) is 0 Å². The van der Waals surface area contributed by atoms with Crippen LogP contribution in [0.5, 0.6) is 0 Å². The van der Waals surface area contributed by atoms with E-state index in [2.05, 4.69) is 33.2 Å². The average molecular weight is 342 g/mol. The highest BCUT2D eigenvalue weighted by Crippen LogP contribution is 2.26. The van der Waals surface area contributed by atoms with Crippen LogP contribution in [0, 0.1) is 0 Å². The normalized spacial score (nSPS) is 12.3. The van der Waals surface area contributed by atoms with E-state index >= 15 is 0 Å². The second-order valence-corrected chi connectivity index (χ2v) is 5.95. The predicted molar refractivity (Wildman–Crippen MR) is 89.3 cm³/mol. The van der Waals surface area contributed by atoms with Gasteiger partial charge in [-0.2, -0.15) is 5.10 Å². The van der Waals surface area contributed by atoms with Crippen LogP contribution in [-0.2, 0) is 0 Å². The molecule has 2 aromatic carbocycles. The lowest BCUT2D eigenvalue weighted by Crippen LogP contribution is -2.10. The largest absolute Gasteiger partial charge is 0.324 e. The van der Waals surface area contributed by atoms with Crippen LogP contribution in [0.2, 0.25) is 0 Å². The smallest absolute Gasteiger partial charge is 0.0704 e. The average Bonchev–Trinajstić information content (AvgIpc) is 2.97. The van der Waals surface area contributed by atoms with Crippen LogP contribution in [0.15, 0.2) is 65.4 Å². The molecular formula is C17H16BrN3. The molecule has 0 aliphatic heterocycles. The molecule has 0 fully saturated rings. The Morgan fingerprint density at radius 1 is 1.10 bits per heavy atom. The molecule has 0 aliphatic rings. The third-order valence-electron chi connectivity index (χ3n) is 3.42. The van der Waals surface area contributed by atoms with Crippen molar-refractivity contribution in [3.63, 3.8) is 0 Å². The van der Waals surface area contributed by atoms with E-state index in [0.29, 0.717) is 0 Å². The first-order valence-electron chi connectivity index (χ1n) is 6.80. The minimum Gasteiger partial charge on any atom is -0.324 e. The molecular weight excluding hydrogens is 326 g/mol. The molecule has 0 amide bonds. The molecule has 0 spiro atoms. The Hall–Kier alpha value is -1.91. The summed E-state index contributed by atoms with van der Waals surface area (Å²) in [6.45, 7) is 1.98. The lowest BCUT2D eigenvalue weighted by atomic mass is 10.1. The molecule has 1 atom stereocenters. The topological polar surface area (TPSA) is 43.8 Å². The third kappa shape index (κ3) is 2.91. The fraction of sp³-hybridized carbons (Fsp3) is 0.118. The zero-order valence-electron chi connectivity index (χ0n) is 11.7. The van der Waals surface area contributed by atoms with E-state index in [0.717, 1.165) is 26.9 Å². The van der Waals surface area contributed by atoms with Crippen LogP contribution in [0.1, 0.15) is 18.5 Å². The highest BCUT2D eigenvalue weighted by atomic mass is 79.9. The van der Waals surface area contributed by atoms with Gasteiger partial charge in [0.05, 0.1) is 11.9 Å². The lowest BCUT2D eigenvalue weighted by Gasteiger charge is -2.13. The maximum atomic E-state index is 6.06. The fourth-order valence-corrected chi connectivity index (χ4v) is 2.68. The maximum absolute atomic E-state index is 6.06. The molecule has 1 unspecified atom stereocenters. The van der Waals surface area contributed by atoms with E-state index in [1.54, 1.807) is 0 Å². The van der Waals surface area contributed by atoms with Crippen LogP contribution in [0.25, 0.3) is 16.8 Å². The third-order valence-corrected chi connectivity index (χ3v) is 3.91. The Balaban J connectivity index is 2.06. The number of hydrogen-bond donors (Lipinski definition) is 1. The molecule has 0 saturated heterocycles. The molecule has 4 heteroatoms. The van der Waals surface area contributed by atoms with Gasteiger partial charge in [0.2, 0.25) is 0 Å². The Kier molecular flexibility index (Phi) is 3.90. The van der Waals surface area contributed by atoms with Crippen LogP contribution < -0.4 is 5.73 Å². The van der Waals surface area contributed by atoms with E-state index in [9.17, 15) is 0 Å². The molecule has 3 nitrogen and oxygen atoms in total.